The molecule has 0 aliphatic carbocycles. The van der Waals surface area contributed by atoms with Crippen LogP contribution in [0.1, 0.15) is 42.9 Å². The molecule has 1 unspecified atom stereocenters. The molecule has 0 aliphatic rings. The van der Waals surface area contributed by atoms with Crippen LogP contribution in [-0.2, 0) is 6.54 Å². The summed E-state index contributed by atoms with van der Waals surface area (Å²) in [5, 5.41) is 16.1. The summed E-state index contributed by atoms with van der Waals surface area (Å²) in [6, 6.07) is 1.80. The van der Waals surface area contributed by atoms with E-state index in [4.69, 9.17) is 5.11 Å². The number of amides is 1. The Morgan fingerprint density at radius 2 is 2.28 bits per heavy atom. The molecule has 2 N–H and O–H groups in total. The topological polar surface area (TPSA) is 67.2 Å². The molecule has 0 spiro atoms. The lowest BCUT2D eigenvalue weighted by Gasteiger charge is -2.14. The first kappa shape index (κ1) is 14.7. The number of aryl methyl sites for hydroxylation is 2. The van der Waals surface area contributed by atoms with Crippen LogP contribution in [0.3, 0.4) is 0 Å². The molecule has 1 amide bonds. The molecule has 0 bridgehead atoms. The summed E-state index contributed by atoms with van der Waals surface area (Å²) in [5.41, 5.74) is 1.46. The molecule has 0 aliphatic heterocycles. The molecule has 0 saturated carbocycles. The quantitative estimate of drug-likeness (QED) is 0.771. The number of nitrogens with zero attached hydrogens (tertiary/aromatic N) is 2. The molecular formula is C13H23N3O2. The average molecular weight is 253 g/mol. The van der Waals surface area contributed by atoms with Crippen molar-refractivity contribution in [2.24, 2.45) is 5.92 Å². The normalized spacial score (nSPS) is 12.4. The summed E-state index contributed by atoms with van der Waals surface area (Å²) >= 11 is 0. The number of hydrogen-bond donors (Lipinski definition) is 2. The van der Waals surface area contributed by atoms with Gasteiger partial charge < -0.3 is 10.4 Å². The number of hydrogen-bond acceptors (Lipinski definition) is 3. The maximum atomic E-state index is 12.0. The molecule has 0 fully saturated rings. The van der Waals surface area contributed by atoms with Crippen molar-refractivity contribution in [2.45, 2.75) is 40.2 Å². The molecule has 5 nitrogen and oxygen atoms in total. The largest absolute Gasteiger partial charge is 0.396 e. The van der Waals surface area contributed by atoms with Gasteiger partial charge in [-0.2, -0.15) is 5.10 Å². The molecule has 1 rings (SSSR count). The van der Waals surface area contributed by atoms with E-state index in [0.717, 1.165) is 18.5 Å². The highest BCUT2D eigenvalue weighted by molar-refractivity contribution is 5.92. The van der Waals surface area contributed by atoms with E-state index in [9.17, 15) is 4.79 Å². The molecule has 0 saturated heterocycles. The maximum absolute atomic E-state index is 12.0. The fourth-order valence-electron chi connectivity index (χ4n) is 1.93. The van der Waals surface area contributed by atoms with Crippen molar-refractivity contribution in [1.29, 1.82) is 0 Å². The average Bonchev–Trinajstić information content (AvgIpc) is 2.75. The summed E-state index contributed by atoms with van der Waals surface area (Å²) in [4.78, 5) is 12.0. The van der Waals surface area contributed by atoms with Gasteiger partial charge in [-0.25, -0.2) is 0 Å². The predicted octanol–water partition coefficient (Wildman–Crippen LogP) is 1.35. The van der Waals surface area contributed by atoms with Crippen LogP contribution in [0.15, 0.2) is 6.07 Å². The molecule has 1 heterocycles. The monoisotopic (exact) mass is 253 g/mol. The van der Waals surface area contributed by atoms with Gasteiger partial charge in [0.25, 0.3) is 5.91 Å². The molecule has 1 atom stereocenters. The number of aliphatic hydroxyl groups excluding tert-OH is 1. The minimum absolute atomic E-state index is 0.0890. The van der Waals surface area contributed by atoms with E-state index in [-0.39, 0.29) is 12.5 Å². The molecule has 18 heavy (non-hydrogen) atoms. The summed E-state index contributed by atoms with van der Waals surface area (Å²) in [6.07, 6.45) is 1.68. The molecular weight excluding hydrogens is 230 g/mol. The lowest BCUT2D eigenvalue weighted by atomic mass is 10.0. The van der Waals surface area contributed by atoms with Crippen LogP contribution >= 0.6 is 0 Å². The van der Waals surface area contributed by atoms with E-state index in [2.05, 4.69) is 17.3 Å². The Labute approximate surface area is 108 Å². The van der Waals surface area contributed by atoms with Gasteiger partial charge in [0.15, 0.2) is 0 Å². The number of aromatic nitrogens is 2. The second-order valence-corrected chi connectivity index (χ2v) is 4.48. The smallest absolute Gasteiger partial charge is 0.269 e. The minimum Gasteiger partial charge on any atom is -0.396 e. The van der Waals surface area contributed by atoms with Gasteiger partial charge in [0.2, 0.25) is 0 Å². The second kappa shape index (κ2) is 7.16. The first-order chi connectivity index (χ1) is 8.62. The zero-order valence-corrected chi connectivity index (χ0v) is 11.4. The van der Waals surface area contributed by atoms with Gasteiger partial charge in [-0.15, -0.1) is 0 Å². The van der Waals surface area contributed by atoms with Gasteiger partial charge in [0.05, 0.1) is 5.69 Å². The third-order valence-corrected chi connectivity index (χ3v) is 3.10. The van der Waals surface area contributed by atoms with E-state index in [0.29, 0.717) is 24.7 Å². The maximum Gasteiger partial charge on any atom is 0.269 e. The second-order valence-electron chi connectivity index (χ2n) is 4.48. The highest BCUT2D eigenvalue weighted by Gasteiger charge is 2.14. The molecule has 102 valence electrons. The molecule has 5 heteroatoms. The van der Waals surface area contributed by atoms with Crippen LogP contribution in [-0.4, -0.2) is 33.9 Å². The van der Waals surface area contributed by atoms with Crippen molar-refractivity contribution in [3.8, 4) is 0 Å². The third-order valence-electron chi connectivity index (χ3n) is 3.10. The highest BCUT2D eigenvalue weighted by Crippen LogP contribution is 2.07. The Hall–Kier alpha value is -1.36. The van der Waals surface area contributed by atoms with Crippen LogP contribution in [0.25, 0.3) is 0 Å². The zero-order valence-electron chi connectivity index (χ0n) is 11.4. The van der Waals surface area contributed by atoms with E-state index in [1.165, 1.54) is 0 Å². The highest BCUT2D eigenvalue weighted by atomic mass is 16.3. The van der Waals surface area contributed by atoms with E-state index >= 15 is 0 Å². The van der Waals surface area contributed by atoms with Gasteiger partial charge >= 0.3 is 0 Å². The van der Waals surface area contributed by atoms with Crippen molar-refractivity contribution in [3.63, 3.8) is 0 Å². The Bertz CT molecular complexity index is 388. The molecule has 1 aromatic rings. The SMILES string of the molecule is CCC(CCO)CNC(=O)c1cc(C)nn1CC. The van der Waals surface area contributed by atoms with Crippen LogP contribution in [0.4, 0.5) is 0 Å². The Kier molecular flexibility index (Phi) is 5.85. The van der Waals surface area contributed by atoms with Crippen molar-refractivity contribution >= 4 is 5.91 Å². The molecule has 0 aromatic carbocycles. The number of nitrogens with one attached hydrogen (secondary N) is 1. The third kappa shape index (κ3) is 3.84. The van der Waals surface area contributed by atoms with Crippen molar-refractivity contribution < 1.29 is 9.90 Å². The Balaban J connectivity index is 2.59. The zero-order chi connectivity index (χ0) is 13.5. The van der Waals surface area contributed by atoms with Gasteiger partial charge in [-0.1, -0.05) is 13.3 Å². The van der Waals surface area contributed by atoms with Crippen molar-refractivity contribution in [2.75, 3.05) is 13.2 Å². The fourth-order valence-corrected chi connectivity index (χ4v) is 1.93. The van der Waals surface area contributed by atoms with E-state index in [1.54, 1.807) is 10.7 Å². The summed E-state index contributed by atoms with van der Waals surface area (Å²) in [6.45, 7) is 7.36. The van der Waals surface area contributed by atoms with Crippen LogP contribution in [0.2, 0.25) is 0 Å². The van der Waals surface area contributed by atoms with Crippen molar-refractivity contribution in [1.82, 2.24) is 15.1 Å². The Morgan fingerprint density at radius 3 is 2.83 bits per heavy atom. The van der Waals surface area contributed by atoms with Crippen LogP contribution < -0.4 is 5.32 Å². The lowest BCUT2D eigenvalue weighted by molar-refractivity contribution is 0.0933. The van der Waals surface area contributed by atoms with Gasteiger partial charge in [-0.05, 0) is 32.3 Å². The number of aliphatic hydroxyl groups is 1. The van der Waals surface area contributed by atoms with Crippen molar-refractivity contribution in [3.05, 3.63) is 17.5 Å². The van der Waals surface area contributed by atoms with E-state index in [1.807, 2.05) is 13.8 Å². The standard InChI is InChI=1S/C13H23N3O2/c1-4-11(6-7-17)9-14-13(18)12-8-10(3)15-16(12)5-2/h8,11,17H,4-7,9H2,1-3H3,(H,14,18). The van der Waals surface area contributed by atoms with Crippen LogP contribution in [0.5, 0.6) is 0 Å². The number of carbonyl (C=O) groups is 1. The summed E-state index contributed by atoms with van der Waals surface area (Å²) < 4.78 is 1.71. The van der Waals surface area contributed by atoms with Gasteiger partial charge in [0, 0.05) is 19.7 Å². The van der Waals surface area contributed by atoms with Gasteiger partial charge in [0.1, 0.15) is 5.69 Å². The minimum atomic E-state index is -0.0890. The molecule has 1 aromatic heterocycles. The Morgan fingerprint density at radius 1 is 1.56 bits per heavy atom. The number of carbonyl (C=O) groups excluding carboxylic acids is 1. The van der Waals surface area contributed by atoms with E-state index < -0.39 is 0 Å². The van der Waals surface area contributed by atoms with Crippen LogP contribution in [0, 0.1) is 12.8 Å². The van der Waals surface area contributed by atoms with Gasteiger partial charge in [-0.3, -0.25) is 9.48 Å². The summed E-state index contributed by atoms with van der Waals surface area (Å²) in [7, 11) is 0. The summed E-state index contributed by atoms with van der Waals surface area (Å²) in [5.74, 6) is 0.242. The molecule has 0 radical (unpaired) electrons. The number of rotatable bonds is 7. The predicted molar refractivity (Wildman–Crippen MR) is 70.5 cm³/mol. The first-order valence-corrected chi connectivity index (χ1v) is 6.55. The first-order valence-electron chi connectivity index (χ1n) is 6.55. The lowest BCUT2D eigenvalue weighted by Crippen LogP contribution is -2.31. The fraction of sp³-hybridized carbons (Fsp3) is 0.692.